The maximum absolute atomic E-state index is 13.5. The van der Waals surface area contributed by atoms with Crippen LogP contribution in [0.5, 0.6) is 5.75 Å². The van der Waals surface area contributed by atoms with E-state index >= 15 is 0 Å². The van der Waals surface area contributed by atoms with Crippen LogP contribution in [0.3, 0.4) is 0 Å². The highest BCUT2D eigenvalue weighted by molar-refractivity contribution is 6.02. The van der Waals surface area contributed by atoms with Crippen molar-refractivity contribution >= 4 is 40.4 Å². The minimum atomic E-state index is -1.06. The van der Waals surface area contributed by atoms with E-state index in [-0.39, 0.29) is 29.9 Å². The molecule has 3 amide bonds. The van der Waals surface area contributed by atoms with Crippen molar-refractivity contribution in [3.05, 3.63) is 30.0 Å². The molecule has 3 rings (SSSR count). The Labute approximate surface area is 234 Å². The van der Waals surface area contributed by atoms with Crippen molar-refractivity contribution in [1.82, 2.24) is 20.9 Å². The number of ketones is 1. The summed E-state index contributed by atoms with van der Waals surface area (Å²) in [5, 5.41) is 8.98. The normalized spacial score (nSPS) is 17.1. The van der Waals surface area contributed by atoms with Gasteiger partial charge < -0.3 is 30.4 Å². The van der Waals surface area contributed by atoms with Crippen molar-refractivity contribution in [3.63, 3.8) is 0 Å². The molecule has 1 aliphatic heterocycles. The number of carbonyl (C=O) groups is 5. The molecule has 1 fully saturated rings. The number of aromatic amines is 1. The topological polar surface area (TPSA) is 156 Å². The molecule has 1 aromatic carbocycles. The van der Waals surface area contributed by atoms with Gasteiger partial charge in [0.25, 0.3) is 5.91 Å². The van der Waals surface area contributed by atoms with E-state index in [4.69, 9.17) is 9.47 Å². The molecule has 11 heteroatoms. The molecule has 0 spiro atoms. The molecule has 0 aliphatic carbocycles. The molecule has 0 radical (unpaired) electrons. The summed E-state index contributed by atoms with van der Waals surface area (Å²) in [6, 6.07) is 5.05. The molecule has 0 bridgehead atoms. The Kier molecular flexibility index (Phi) is 10.7. The number of fused-ring (bicyclic) bond motifs is 1. The van der Waals surface area contributed by atoms with Crippen LogP contribution in [0.25, 0.3) is 10.9 Å². The van der Waals surface area contributed by atoms with E-state index in [0.717, 1.165) is 5.39 Å². The quantitative estimate of drug-likeness (QED) is 0.261. The van der Waals surface area contributed by atoms with Crippen LogP contribution in [-0.2, 0) is 23.9 Å². The number of methoxy groups -OCH3 is 1. The lowest BCUT2D eigenvalue weighted by Gasteiger charge is -2.25. The number of esters is 1. The van der Waals surface area contributed by atoms with E-state index in [1.165, 1.54) is 0 Å². The van der Waals surface area contributed by atoms with Crippen LogP contribution < -0.4 is 20.7 Å². The molecule has 0 saturated carbocycles. The third kappa shape index (κ3) is 7.83. The predicted molar refractivity (Wildman–Crippen MR) is 149 cm³/mol. The molecule has 2 heterocycles. The number of H-pyrrole nitrogens is 1. The average molecular weight is 557 g/mol. The van der Waals surface area contributed by atoms with Gasteiger partial charge in [-0.3, -0.25) is 24.0 Å². The van der Waals surface area contributed by atoms with Gasteiger partial charge in [0.2, 0.25) is 11.8 Å². The maximum Gasteiger partial charge on any atom is 0.309 e. The standard InChI is InChI=1S/C29H40N4O7/c1-6-17(4)29(38)40-15-24(34)21(13-18-10-11-30-26(18)35)32-27(36)22(12-16(2)3)33-28(37)23-14-19-20(31-23)8-7-9-25(19)39-5/h7-9,14,16-18,21-22,31H,6,10-13,15H2,1-5H3,(H,30,35)(H,32,36)(H,33,37)/t17-,18-,21-,22-/m0/s1. The summed E-state index contributed by atoms with van der Waals surface area (Å²) in [7, 11) is 1.54. The molecule has 4 atom stereocenters. The summed E-state index contributed by atoms with van der Waals surface area (Å²) >= 11 is 0. The zero-order chi connectivity index (χ0) is 29.4. The van der Waals surface area contributed by atoms with Gasteiger partial charge in [0.1, 0.15) is 17.5 Å². The van der Waals surface area contributed by atoms with Crippen molar-refractivity contribution in [1.29, 1.82) is 0 Å². The van der Waals surface area contributed by atoms with Crippen LogP contribution in [0.4, 0.5) is 0 Å². The number of nitrogens with one attached hydrogen (secondary N) is 4. The molecular weight excluding hydrogens is 516 g/mol. The summed E-state index contributed by atoms with van der Waals surface area (Å²) < 4.78 is 10.5. The van der Waals surface area contributed by atoms with E-state index in [1.807, 2.05) is 26.8 Å². The lowest BCUT2D eigenvalue weighted by molar-refractivity contribution is -0.152. The van der Waals surface area contributed by atoms with Crippen molar-refractivity contribution in [2.75, 3.05) is 20.3 Å². The molecule has 1 saturated heterocycles. The van der Waals surface area contributed by atoms with E-state index in [2.05, 4.69) is 20.9 Å². The number of rotatable bonds is 14. The molecule has 1 aromatic heterocycles. The van der Waals surface area contributed by atoms with Crippen LogP contribution >= 0.6 is 0 Å². The lowest BCUT2D eigenvalue weighted by Crippen LogP contribution is -2.53. The van der Waals surface area contributed by atoms with Gasteiger partial charge in [0.05, 0.1) is 19.1 Å². The maximum atomic E-state index is 13.5. The summed E-state index contributed by atoms with van der Waals surface area (Å²) in [6.07, 6.45) is 1.48. The summed E-state index contributed by atoms with van der Waals surface area (Å²) in [5.74, 6) is -2.41. The molecule has 218 valence electrons. The monoisotopic (exact) mass is 556 g/mol. The van der Waals surface area contributed by atoms with E-state index < -0.39 is 48.2 Å². The molecule has 1 aliphatic rings. The van der Waals surface area contributed by atoms with Gasteiger partial charge in [-0.1, -0.05) is 33.8 Å². The van der Waals surface area contributed by atoms with Crippen LogP contribution in [-0.4, -0.2) is 66.8 Å². The first kappa shape index (κ1) is 30.6. The first-order valence-electron chi connectivity index (χ1n) is 13.8. The number of benzene rings is 1. The number of amides is 3. The van der Waals surface area contributed by atoms with Crippen LogP contribution in [0.15, 0.2) is 24.3 Å². The second kappa shape index (κ2) is 14.0. The zero-order valence-corrected chi connectivity index (χ0v) is 23.8. The van der Waals surface area contributed by atoms with Gasteiger partial charge in [-0.05, 0) is 49.8 Å². The molecule has 40 heavy (non-hydrogen) atoms. The van der Waals surface area contributed by atoms with E-state index in [0.29, 0.717) is 37.1 Å². The fourth-order valence-corrected chi connectivity index (χ4v) is 4.62. The van der Waals surface area contributed by atoms with E-state index in [9.17, 15) is 24.0 Å². The second-order valence-corrected chi connectivity index (χ2v) is 10.7. The third-order valence-electron chi connectivity index (χ3n) is 7.18. The number of carbonyl (C=O) groups excluding carboxylic acids is 5. The number of hydrogen-bond donors (Lipinski definition) is 4. The third-order valence-corrected chi connectivity index (χ3v) is 7.18. The van der Waals surface area contributed by atoms with Crippen LogP contribution in [0.2, 0.25) is 0 Å². The van der Waals surface area contributed by atoms with Crippen molar-refractivity contribution in [2.24, 2.45) is 17.8 Å². The average Bonchev–Trinajstić information content (AvgIpc) is 3.55. The smallest absolute Gasteiger partial charge is 0.309 e. The molecule has 2 aromatic rings. The zero-order valence-electron chi connectivity index (χ0n) is 23.8. The Balaban J connectivity index is 1.76. The Morgan fingerprint density at radius 2 is 1.85 bits per heavy atom. The number of ether oxygens (including phenoxy) is 2. The summed E-state index contributed by atoms with van der Waals surface area (Å²) in [5.41, 5.74) is 0.968. The van der Waals surface area contributed by atoms with Gasteiger partial charge in [-0.25, -0.2) is 0 Å². The van der Waals surface area contributed by atoms with Gasteiger partial charge in [0, 0.05) is 23.4 Å². The van der Waals surface area contributed by atoms with Crippen LogP contribution in [0, 0.1) is 17.8 Å². The second-order valence-electron chi connectivity index (χ2n) is 10.7. The van der Waals surface area contributed by atoms with Gasteiger partial charge in [-0.2, -0.15) is 0 Å². The van der Waals surface area contributed by atoms with Crippen molar-refractivity contribution < 1.29 is 33.4 Å². The van der Waals surface area contributed by atoms with Crippen molar-refractivity contribution in [3.8, 4) is 5.75 Å². The Morgan fingerprint density at radius 1 is 1.10 bits per heavy atom. The summed E-state index contributed by atoms with van der Waals surface area (Å²) in [6.45, 7) is 7.35. The fourth-order valence-electron chi connectivity index (χ4n) is 4.62. The lowest BCUT2D eigenvalue weighted by atomic mass is 9.95. The number of Topliss-reactive ketones (excluding diaryl/α,β-unsaturated/α-hetero) is 1. The van der Waals surface area contributed by atoms with Crippen LogP contribution in [0.1, 0.15) is 63.9 Å². The number of aromatic nitrogens is 1. The largest absolute Gasteiger partial charge is 0.496 e. The first-order valence-corrected chi connectivity index (χ1v) is 13.8. The van der Waals surface area contributed by atoms with E-state index in [1.54, 1.807) is 32.2 Å². The molecule has 11 nitrogen and oxygen atoms in total. The fraction of sp³-hybridized carbons (Fsp3) is 0.552. The Hall–Kier alpha value is -3.89. The molecule has 0 unspecified atom stereocenters. The Bertz CT molecular complexity index is 1240. The minimum absolute atomic E-state index is 0.0464. The number of hydrogen-bond acceptors (Lipinski definition) is 7. The predicted octanol–water partition coefficient (Wildman–Crippen LogP) is 2.49. The SMILES string of the molecule is CC[C@H](C)C(=O)OCC(=O)[C@H](C[C@@H]1CCNC1=O)NC(=O)[C@H](CC(C)C)NC(=O)c1cc2c(OC)cccc2[nH]1. The summed E-state index contributed by atoms with van der Waals surface area (Å²) in [4.78, 5) is 67.2. The molecular formula is C29H40N4O7. The van der Waals surface area contributed by atoms with Gasteiger partial charge >= 0.3 is 5.97 Å². The van der Waals surface area contributed by atoms with Crippen molar-refractivity contribution in [2.45, 2.75) is 65.5 Å². The Morgan fingerprint density at radius 3 is 2.48 bits per heavy atom. The highest BCUT2D eigenvalue weighted by Crippen LogP contribution is 2.26. The molecule has 4 N–H and O–H groups in total. The first-order chi connectivity index (χ1) is 19.0. The highest BCUT2D eigenvalue weighted by atomic mass is 16.5. The van der Waals surface area contributed by atoms with Gasteiger partial charge in [0.15, 0.2) is 12.4 Å². The minimum Gasteiger partial charge on any atom is -0.496 e. The highest BCUT2D eigenvalue weighted by Gasteiger charge is 2.34. The van der Waals surface area contributed by atoms with Gasteiger partial charge in [-0.15, -0.1) is 0 Å².